The van der Waals surface area contributed by atoms with Gasteiger partial charge >= 0.3 is 5.97 Å². The number of pyridine rings is 1. The summed E-state index contributed by atoms with van der Waals surface area (Å²) in [6, 6.07) is 19.1. The summed E-state index contributed by atoms with van der Waals surface area (Å²) < 4.78 is 4.97. The Morgan fingerprint density at radius 3 is 2.48 bits per heavy atom. The number of benzene rings is 2. The molecule has 4 rings (SSSR count). The fourth-order valence-electron chi connectivity index (χ4n) is 3.70. The lowest BCUT2D eigenvalue weighted by atomic mass is 10.0. The summed E-state index contributed by atoms with van der Waals surface area (Å²) in [6.45, 7) is 3.93. The van der Waals surface area contributed by atoms with Crippen molar-refractivity contribution in [1.82, 2.24) is 4.98 Å². The van der Waals surface area contributed by atoms with Crippen LogP contribution in [0.3, 0.4) is 0 Å². The smallest absolute Gasteiger partial charge is 0.341 e. The van der Waals surface area contributed by atoms with Crippen molar-refractivity contribution in [2.75, 3.05) is 12.4 Å². The van der Waals surface area contributed by atoms with Crippen LogP contribution in [0.15, 0.2) is 60.7 Å². The molecule has 6 heteroatoms. The number of ether oxygens (including phenoxy) is 1. The molecule has 0 aliphatic carbocycles. The molecule has 5 nitrogen and oxygen atoms in total. The van der Waals surface area contributed by atoms with E-state index >= 15 is 0 Å². The lowest BCUT2D eigenvalue weighted by molar-refractivity contribution is 0.0601. The second-order valence-corrected chi connectivity index (χ2v) is 8.30. The van der Waals surface area contributed by atoms with Crippen molar-refractivity contribution >= 4 is 39.1 Å². The Hall–Kier alpha value is -3.51. The van der Waals surface area contributed by atoms with Crippen LogP contribution in [0.25, 0.3) is 22.2 Å². The van der Waals surface area contributed by atoms with Gasteiger partial charge in [-0.25, -0.2) is 9.78 Å². The third-order valence-electron chi connectivity index (χ3n) is 5.21. The fourth-order valence-corrected chi connectivity index (χ4v) is 4.83. The number of hydrogen-bond acceptors (Lipinski definition) is 5. The molecule has 1 N–H and O–H groups in total. The quantitative estimate of drug-likeness (QED) is 0.402. The van der Waals surface area contributed by atoms with E-state index in [2.05, 4.69) is 5.32 Å². The van der Waals surface area contributed by atoms with Crippen molar-refractivity contribution in [3.05, 3.63) is 82.2 Å². The Morgan fingerprint density at radius 1 is 1.06 bits per heavy atom. The van der Waals surface area contributed by atoms with Crippen molar-refractivity contribution in [1.29, 1.82) is 0 Å². The van der Waals surface area contributed by atoms with E-state index in [0.717, 1.165) is 26.9 Å². The van der Waals surface area contributed by atoms with Gasteiger partial charge in [-0.1, -0.05) is 55.5 Å². The van der Waals surface area contributed by atoms with Crippen molar-refractivity contribution in [2.24, 2.45) is 0 Å². The predicted octanol–water partition coefficient (Wildman–Crippen LogP) is 5.87. The van der Waals surface area contributed by atoms with Gasteiger partial charge in [0.05, 0.1) is 29.4 Å². The van der Waals surface area contributed by atoms with Gasteiger partial charge < -0.3 is 10.1 Å². The SMILES string of the molecule is CCc1c(C)sc(NC(=O)c2cc(-c3ccccc3)nc3ccccc23)c1C(=O)OC. The van der Waals surface area contributed by atoms with Crippen LogP contribution < -0.4 is 5.32 Å². The Balaban J connectivity index is 1.81. The lowest BCUT2D eigenvalue weighted by Gasteiger charge is -2.11. The first-order valence-electron chi connectivity index (χ1n) is 10.0. The summed E-state index contributed by atoms with van der Waals surface area (Å²) in [5, 5.41) is 4.22. The average molecular weight is 431 g/mol. The van der Waals surface area contributed by atoms with E-state index in [9.17, 15) is 9.59 Å². The van der Waals surface area contributed by atoms with Crippen molar-refractivity contribution in [3.63, 3.8) is 0 Å². The van der Waals surface area contributed by atoms with Crippen LogP contribution in [0.1, 0.15) is 38.1 Å². The van der Waals surface area contributed by atoms with Crippen LogP contribution in [0, 0.1) is 6.92 Å². The van der Waals surface area contributed by atoms with Crippen molar-refractivity contribution < 1.29 is 14.3 Å². The van der Waals surface area contributed by atoms with Crippen LogP contribution in [-0.4, -0.2) is 24.0 Å². The number of nitrogens with one attached hydrogen (secondary N) is 1. The van der Waals surface area contributed by atoms with Gasteiger partial charge in [-0.3, -0.25) is 4.79 Å². The maximum atomic E-state index is 13.4. The van der Waals surface area contributed by atoms with Gasteiger partial charge in [0.2, 0.25) is 0 Å². The highest BCUT2D eigenvalue weighted by molar-refractivity contribution is 7.16. The van der Waals surface area contributed by atoms with Gasteiger partial charge in [-0.15, -0.1) is 11.3 Å². The number of carbonyl (C=O) groups excluding carboxylic acids is 2. The molecule has 2 aromatic carbocycles. The number of aromatic nitrogens is 1. The van der Waals surface area contributed by atoms with Gasteiger partial charge in [0.25, 0.3) is 5.91 Å². The van der Waals surface area contributed by atoms with Crippen LogP contribution in [0.4, 0.5) is 5.00 Å². The molecule has 0 atom stereocenters. The van der Waals surface area contributed by atoms with E-state index in [4.69, 9.17) is 9.72 Å². The number of hydrogen-bond donors (Lipinski definition) is 1. The number of methoxy groups -OCH3 is 1. The zero-order valence-corrected chi connectivity index (χ0v) is 18.4. The molecule has 0 aliphatic rings. The van der Waals surface area contributed by atoms with Crippen molar-refractivity contribution in [3.8, 4) is 11.3 Å². The molecule has 31 heavy (non-hydrogen) atoms. The summed E-state index contributed by atoms with van der Waals surface area (Å²) in [6.07, 6.45) is 0.680. The third-order valence-corrected chi connectivity index (χ3v) is 6.27. The third kappa shape index (κ3) is 3.94. The molecule has 4 aromatic rings. The monoisotopic (exact) mass is 430 g/mol. The van der Waals surface area contributed by atoms with Gasteiger partial charge in [0.1, 0.15) is 5.00 Å². The predicted molar refractivity (Wildman–Crippen MR) is 125 cm³/mol. The number of para-hydroxylation sites is 1. The van der Waals surface area contributed by atoms with Crippen molar-refractivity contribution in [2.45, 2.75) is 20.3 Å². The maximum absolute atomic E-state index is 13.4. The highest BCUT2D eigenvalue weighted by atomic mass is 32.1. The Morgan fingerprint density at radius 2 is 1.77 bits per heavy atom. The number of amides is 1. The van der Waals surface area contributed by atoms with E-state index in [0.29, 0.717) is 28.2 Å². The molecule has 0 spiro atoms. The normalized spacial score (nSPS) is 10.8. The lowest BCUT2D eigenvalue weighted by Crippen LogP contribution is -2.15. The minimum absolute atomic E-state index is 0.287. The summed E-state index contributed by atoms with van der Waals surface area (Å²) in [7, 11) is 1.35. The maximum Gasteiger partial charge on any atom is 0.341 e. The number of carbonyl (C=O) groups is 2. The molecule has 0 saturated heterocycles. The molecule has 0 unspecified atom stereocenters. The zero-order chi connectivity index (χ0) is 22.0. The molecule has 0 aliphatic heterocycles. The highest BCUT2D eigenvalue weighted by Gasteiger charge is 2.24. The van der Waals surface area contributed by atoms with E-state index in [1.807, 2.05) is 68.4 Å². The minimum Gasteiger partial charge on any atom is -0.465 e. The number of fused-ring (bicyclic) bond motifs is 1. The topological polar surface area (TPSA) is 68.3 Å². The number of aryl methyl sites for hydroxylation is 1. The summed E-state index contributed by atoms with van der Waals surface area (Å²) >= 11 is 1.39. The van der Waals surface area contributed by atoms with Gasteiger partial charge in [-0.2, -0.15) is 0 Å². The number of rotatable bonds is 5. The fraction of sp³-hybridized carbons (Fsp3) is 0.160. The van der Waals surface area contributed by atoms with Crippen LogP contribution in [0.5, 0.6) is 0 Å². The Labute approximate surface area is 184 Å². The number of thiophene rings is 1. The van der Waals surface area contributed by atoms with Crippen LogP contribution in [0.2, 0.25) is 0 Å². The first kappa shape index (κ1) is 20.8. The van der Waals surface area contributed by atoms with Crippen LogP contribution >= 0.6 is 11.3 Å². The summed E-state index contributed by atoms with van der Waals surface area (Å²) in [5.41, 5.74) is 4.22. The van der Waals surface area contributed by atoms with Gasteiger partial charge in [0.15, 0.2) is 0 Å². The zero-order valence-electron chi connectivity index (χ0n) is 17.6. The first-order chi connectivity index (χ1) is 15.0. The molecule has 0 radical (unpaired) electrons. The summed E-state index contributed by atoms with van der Waals surface area (Å²) in [5.74, 6) is -0.731. The number of esters is 1. The largest absolute Gasteiger partial charge is 0.465 e. The molecule has 0 fully saturated rings. The molecule has 0 bridgehead atoms. The number of nitrogens with zero attached hydrogens (tertiary/aromatic N) is 1. The standard InChI is InChI=1S/C25H22N2O3S/c1-4-17-15(2)31-24(22(17)25(29)30-3)27-23(28)19-14-21(16-10-6-5-7-11-16)26-20-13-9-8-12-18(19)20/h5-14H,4H2,1-3H3,(H,27,28). The van der Waals surface area contributed by atoms with E-state index < -0.39 is 5.97 Å². The highest BCUT2D eigenvalue weighted by Crippen LogP contribution is 2.35. The molecule has 0 saturated carbocycles. The second kappa shape index (κ2) is 8.70. The molecule has 2 aromatic heterocycles. The molecular formula is C25H22N2O3S. The average Bonchev–Trinajstić information content (AvgIpc) is 3.12. The van der Waals surface area contributed by atoms with E-state index in [1.165, 1.54) is 18.4 Å². The molecule has 156 valence electrons. The summed E-state index contributed by atoms with van der Waals surface area (Å²) in [4.78, 5) is 31.5. The van der Waals surface area contributed by atoms with E-state index in [-0.39, 0.29) is 5.91 Å². The van der Waals surface area contributed by atoms with Gasteiger partial charge in [-0.05, 0) is 31.0 Å². The van der Waals surface area contributed by atoms with E-state index in [1.54, 1.807) is 6.07 Å². The minimum atomic E-state index is -0.443. The second-order valence-electron chi connectivity index (χ2n) is 7.08. The molecule has 2 heterocycles. The van der Waals surface area contributed by atoms with Gasteiger partial charge in [0, 0.05) is 15.8 Å². The van der Waals surface area contributed by atoms with Crippen LogP contribution in [-0.2, 0) is 11.2 Å². The Kier molecular flexibility index (Phi) is 5.82. The molecule has 1 amide bonds. The number of anilines is 1. The first-order valence-corrected chi connectivity index (χ1v) is 10.8. The Bertz CT molecular complexity index is 1280. The molecular weight excluding hydrogens is 408 g/mol.